The molecule has 0 unspecified atom stereocenters. The number of benzene rings is 1. The lowest BCUT2D eigenvalue weighted by Crippen LogP contribution is -2.09. The zero-order valence-corrected chi connectivity index (χ0v) is 9.30. The van der Waals surface area contributed by atoms with Gasteiger partial charge in [-0.05, 0) is 12.5 Å². The number of para-hydroxylation sites is 1. The van der Waals surface area contributed by atoms with Crippen LogP contribution >= 0.6 is 12.2 Å². The van der Waals surface area contributed by atoms with Gasteiger partial charge in [0.2, 0.25) is 0 Å². The second-order valence-electron chi connectivity index (χ2n) is 3.18. The van der Waals surface area contributed by atoms with Crippen LogP contribution < -0.4 is 10.5 Å². The van der Waals surface area contributed by atoms with Crippen molar-refractivity contribution in [3.05, 3.63) is 29.8 Å². The summed E-state index contributed by atoms with van der Waals surface area (Å²) in [5.41, 5.74) is 6.16. The third kappa shape index (κ3) is 4.27. The predicted molar refractivity (Wildman–Crippen MR) is 63.9 cm³/mol. The van der Waals surface area contributed by atoms with E-state index in [9.17, 15) is 0 Å². The summed E-state index contributed by atoms with van der Waals surface area (Å²) in [7, 11) is 0. The van der Waals surface area contributed by atoms with E-state index in [0.717, 1.165) is 17.7 Å². The third-order valence-corrected chi connectivity index (χ3v) is 2.17. The molecule has 82 valence electrons. The van der Waals surface area contributed by atoms with Crippen molar-refractivity contribution in [3.8, 4) is 5.75 Å². The van der Waals surface area contributed by atoms with Gasteiger partial charge < -0.3 is 15.6 Å². The van der Waals surface area contributed by atoms with E-state index in [-0.39, 0.29) is 6.61 Å². The van der Waals surface area contributed by atoms with Crippen LogP contribution in [0, 0.1) is 0 Å². The fourth-order valence-electron chi connectivity index (χ4n) is 1.20. The normalized spacial score (nSPS) is 9.93. The van der Waals surface area contributed by atoms with Crippen LogP contribution in [0.25, 0.3) is 0 Å². The summed E-state index contributed by atoms with van der Waals surface area (Å²) >= 11 is 4.76. The Morgan fingerprint density at radius 1 is 1.40 bits per heavy atom. The van der Waals surface area contributed by atoms with Gasteiger partial charge in [-0.25, -0.2) is 0 Å². The van der Waals surface area contributed by atoms with Gasteiger partial charge in [0.1, 0.15) is 5.75 Å². The molecule has 0 spiro atoms. The maximum absolute atomic E-state index is 9.04. The Hall–Kier alpha value is -1.13. The molecule has 1 aromatic carbocycles. The minimum absolute atomic E-state index is 0.00846. The van der Waals surface area contributed by atoms with E-state index < -0.39 is 0 Å². The molecule has 3 nitrogen and oxygen atoms in total. The molecule has 1 aromatic rings. The van der Waals surface area contributed by atoms with Crippen LogP contribution in [-0.4, -0.2) is 16.7 Å². The molecule has 15 heavy (non-hydrogen) atoms. The number of nitrogens with two attached hydrogens (primary N) is 1. The average Bonchev–Trinajstić information content (AvgIpc) is 2.24. The van der Waals surface area contributed by atoms with Crippen LogP contribution in [0.3, 0.4) is 0 Å². The Balaban J connectivity index is 2.39. The molecule has 0 amide bonds. The van der Waals surface area contributed by atoms with Crippen molar-refractivity contribution in [3.63, 3.8) is 0 Å². The van der Waals surface area contributed by atoms with Gasteiger partial charge >= 0.3 is 0 Å². The molecule has 0 fully saturated rings. The highest BCUT2D eigenvalue weighted by Crippen LogP contribution is 2.17. The number of rotatable bonds is 6. The smallest absolute Gasteiger partial charge is 0.124 e. The molecule has 1 rings (SSSR count). The number of ether oxygens (including phenoxy) is 1. The fraction of sp³-hybridized carbons (Fsp3) is 0.364. The van der Waals surface area contributed by atoms with Crippen LogP contribution in [0.2, 0.25) is 0 Å². The summed E-state index contributed by atoms with van der Waals surface area (Å²) < 4.78 is 5.50. The highest BCUT2D eigenvalue weighted by molar-refractivity contribution is 7.80. The monoisotopic (exact) mass is 225 g/mol. The van der Waals surface area contributed by atoms with Crippen molar-refractivity contribution in [2.24, 2.45) is 5.73 Å². The molecule has 0 aliphatic carbocycles. The van der Waals surface area contributed by atoms with Gasteiger partial charge in [0.15, 0.2) is 0 Å². The molecule has 4 heteroatoms. The second kappa shape index (κ2) is 6.37. The largest absolute Gasteiger partial charge is 0.493 e. The summed E-state index contributed by atoms with van der Waals surface area (Å²) in [6.07, 6.45) is 1.49. The van der Waals surface area contributed by atoms with Gasteiger partial charge in [0.25, 0.3) is 0 Å². The Bertz CT molecular complexity index is 328. The van der Waals surface area contributed by atoms with E-state index in [0.29, 0.717) is 18.0 Å². The summed E-state index contributed by atoms with van der Waals surface area (Å²) in [6, 6.07) is 7.42. The second-order valence-corrected chi connectivity index (χ2v) is 3.71. The molecule has 0 radical (unpaired) electrons. The van der Waals surface area contributed by atoms with Crippen LogP contribution in [0.5, 0.6) is 5.75 Å². The van der Waals surface area contributed by atoms with Gasteiger partial charge in [-0.3, -0.25) is 0 Å². The highest BCUT2D eigenvalue weighted by Gasteiger charge is 2.00. The number of aliphatic hydroxyl groups excluding tert-OH is 1. The van der Waals surface area contributed by atoms with Crippen LogP contribution in [0.4, 0.5) is 0 Å². The Morgan fingerprint density at radius 3 is 2.80 bits per heavy atom. The lowest BCUT2D eigenvalue weighted by atomic mass is 10.2. The first-order chi connectivity index (χ1) is 7.24. The zero-order chi connectivity index (χ0) is 11.1. The highest BCUT2D eigenvalue weighted by atomic mass is 32.1. The molecule has 0 aliphatic heterocycles. The number of hydrogen-bond donors (Lipinski definition) is 2. The molecule has 0 atom stereocenters. The lowest BCUT2D eigenvalue weighted by Gasteiger charge is -2.09. The van der Waals surface area contributed by atoms with Crippen LogP contribution in [0.1, 0.15) is 18.4 Å². The predicted octanol–water partition coefficient (Wildman–Crippen LogP) is 1.62. The molecule has 0 saturated carbocycles. The van der Waals surface area contributed by atoms with Crippen LogP contribution in [-0.2, 0) is 6.61 Å². The summed E-state index contributed by atoms with van der Waals surface area (Å²) in [5.74, 6) is 0.725. The first-order valence-electron chi connectivity index (χ1n) is 4.84. The summed E-state index contributed by atoms with van der Waals surface area (Å²) in [5, 5.41) is 9.04. The van der Waals surface area contributed by atoms with Gasteiger partial charge in [-0.1, -0.05) is 30.4 Å². The fourth-order valence-corrected chi connectivity index (χ4v) is 1.35. The van der Waals surface area contributed by atoms with Crippen molar-refractivity contribution in [2.75, 3.05) is 6.61 Å². The molecule has 0 heterocycles. The summed E-state index contributed by atoms with van der Waals surface area (Å²) in [6.45, 7) is 0.555. The molecule has 3 N–H and O–H groups in total. The molecule has 0 aromatic heterocycles. The van der Waals surface area contributed by atoms with Gasteiger partial charge in [0, 0.05) is 12.0 Å². The first-order valence-corrected chi connectivity index (χ1v) is 5.24. The van der Waals surface area contributed by atoms with Gasteiger partial charge in [-0.15, -0.1) is 0 Å². The van der Waals surface area contributed by atoms with Crippen molar-refractivity contribution < 1.29 is 9.84 Å². The van der Waals surface area contributed by atoms with Gasteiger partial charge in [0.05, 0.1) is 18.2 Å². The molecule has 0 aliphatic rings. The van der Waals surface area contributed by atoms with Gasteiger partial charge in [-0.2, -0.15) is 0 Å². The standard InChI is InChI=1S/C11H15NO2S/c12-11(15)6-3-7-14-10-5-2-1-4-9(10)8-13/h1-2,4-5,13H,3,6-8H2,(H2,12,15). The summed E-state index contributed by atoms with van der Waals surface area (Å²) in [4.78, 5) is 0.508. The number of thiocarbonyl (C=S) groups is 1. The van der Waals surface area contributed by atoms with Crippen molar-refractivity contribution in [1.29, 1.82) is 0 Å². The van der Waals surface area contributed by atoms with E-state index in [1.165, 1.54) is 0 Å². The minimum atomic E-state index is -0.00846. The maximum Gasteiger partial charge on any atom is 0.124 e. The zero-order valence-electron chi connectivity index (χ0n) is 8.48. The maximum atomic E-state index is 9.04. The lowest BCUT2D eigenvalue weighted by molar-refractivity contribution is 0.262. The minimum Gasteiger partial charge on any atom is -0.493 e. The number of aliphatic hydroxyl groups is 1. The average molecular weight is 225 g/mol. The molecular weight excluding hydrogens is 210 g/mol. The Morgan fingerprint density at radius 2 is 2.13 bits per heavy atom. The first kappa shape index (κ1) is 11.9. The quantitative estimate of drug-likeness (QED) is 0.570. The molecule has 0 saturated heterocycles. The SMILES string of the molecule is NC(=S)CCCOc1ccccc1CO. The topological polar surface area (TPSA) is 55.5 Å². The van der Waals surface area contributed by atoms with E-state index in [4.69, 9.17) is 27.8 Å². The van der Waals surface area contributed by atoms with E-state index in [2.05, 4.69) is 0 Å². The van der Waals surface area contributed by atoms with E-state index in [1.54, 1.807) is 0 Å². The van der Waals surface area contributed by atoms with E-state index in [1.807, 2.05) is 24.3 Å². The third-order valence-electron chi connectivity index (χ3n) is 1.97. The Kier molecular flexibility index (Phi) is 5.07. The van der Waals surface area contributed by atoms with Crippen LogP contribution in [0.15, 0.2) is 24.3 Å². The molecule has 0 bridgehead atoms. The van der Waals surface area contributed by atoms with E-state index >= 15 is 0 Å². The van der Waals surface area contributed by atoms with Crippen molar-refractivity contribution in [2.45, 2.75) is 19.4 Å². The van der Waals surface area contributed by atoms with Crippen molar-refractivity contribution >= 4 is 17.2 Å². The Labute approximate surface area is 94.9 Å². The number of hydrogen-bond acceptors (Lipinski definition) is 3. The molecular formula is C11H15NO2S. The van der Waals surface area contributed by atoms with Crippen molar-refractivity contribution in [1.82, 2.24) is 0 Å².